The number of carbonyl (C=O) groups is 1. The first kappa shape index (κ1) is 15.9. The number of hydrogen-bond acceptors (Lipinski definition) is 3. The average Bonchev–Trinajstić information content (AvgIpc) is 1.41. The van der Waals surface area contributed by atoms with E-state index in [1.807, 2.05) is 0 Å². The molecule has 0 aromatic heterocycles. The van der Waals surface area contributed by atoms with Gasteiger partial charge in [-0.15, -0.1) is 12.4 Å². The van der Waals surface area contributed by atoms with Crippen molar-refractivity contribution in [2.45, 2.75) is 6.92 Å². The maximum atomic E-state index is 9.00. The predicted molar refractivity (Wildman–Crippen MR) is 26.5 cm³/mol. The Balaban J connectivity index is -0.0000000480. The van der Waals surface area contributed by atoms with E-state index in [0.717, 1.165) is 6.92 Å². The lowest BCUT2D eigenvalue weighted by molar-refractivity contribution is -0.134. The Labute approximate surface area is 47.3 Å². The summed E-state index contributed by atoms with van der Waals surface area (Å²) in [6.45, 7) is 1.08. The van der Waals surface area contributed by atoms with E-state index >= 15 is 0 Å². The number of aliphatic carboxylic acids is 1. The average molecular weight is 130 g/mol. The van der Waals surface area contributed by atoms with Crippen molar-refractivity contribution in [3.8, 4) is 0 Å². The number of carboxylic acid groups (broad SMARTS) is 1. The molecule has 0 bridgehead atoms. The summed E-state index contributed by atoms with van der Waals surface area (Å²) >= 11 is 0. The van der Waals surface area contributed by atoms with E-state index < -0.39 is 5.97 Å². The lowest BCUT2D eigenvalue weighted by atomic mass is 10.9. The first-order chi connectivity index (χ1) is 2.73. The van der Waals surface area contributed by atoms with Crippen molar-refractivity contribution in [2.75, 3.05) is 0 Å². The molecule has 0 unspecified atom stereocenters. The highest BCUT2D eigenvalue weighted by molar-refractivity contribution is 5.85. The minimum Gasteiger partial charge on any atom is -0.481 e. The van der Waals surface area contributed by atoms with Crippen LogP contribution < -0.4 is 5.90 Å². The summed E-state index contributed by atoms with van der Waals surface area (Å²) in [6, 6.07) is 0. The summed E-state index contributed by atoms with van der Waals surface area (Å²) in [6.07, 6.45) is 0. The van der Waals surface area contributed by atoms with Crippen LogP contribution in [-0.4, -0.2) is 16.3 Å². The zero-order valence-electron chi connectivity index (χ0n) is 3.79. The second kappa shape index (κ2) is 17.3. The first-order valence-corrected chi connectivity index (χ1v) is 1.19. The summed E-state index contributed by atoms with van der Waals surface area (Å²) in [4.78, 5) is 9.00. The molecule has 4 N–H and O–H groups in total. The van der Waals surface area contributed by atoms with Crippen LogP contribution in [0.2, 0.25) is 0 Å². The van der Waals surface area contributed by atoms with E-state index in [-0.39, 0.29) is 12.4 Å². The molecule has 0 aliphatic rings. The lowest BCUT2D eigenvalue weighted by Gasteiger charge is -1.59. The molecule has 0 fully saturated rings. The maximum Gasteiger partial charge on any atom is 0.300 e. The molecular formula is C2H8ClNO3. The fourth-order valence-electron chi connectivity index (χ4n) is 0. The largest absolute Gasteiger partial charge is 0.481 e. The highest BCUT2D eigenvalue weighted by atomic mass is 35.5. The van der Waals surface area contributed by atoms with Gasteiger partial charge in [-0.1, -0.05) is 0 Å². The minimum atomic E-state index is -0.833. The molecule has 0 heterocycles. The summed E-state index contributed by atoms with van der Waals surface area (Å²) in [7, 11) is 0. The Hall–Kier alpha value is -0.320. The van der Waals surface area contributed by atoms with Gasteiger partial charge in [0.2, 0.25) is 0 Å². The number of hydrogen-bond donors (Lipinski definition) is 3. The second-order valence-electron chi connectivity index (χ2n) is 0.519. The smallest absolute Gasteiger partial charge is 0.300 e. The minimum absolute atomic E-state index is 0. The zero-order valence-corrected chi connectivity index (χ0v) is 4.60. The first-order valence-electron chi connectivity index (χ1n) is 1.19. The van der Waals surface area contributed by atoms with Crippen LogP contribution in [0.5, 0.6) is 0 Å². The van der Waals surface area contributed by atoms with Gasteiger partial charge >= 0.3 is 0 Å². The van der Waals surface area contributed by atoms with Crippen LogP contribution >= 0.6 is 12.4 Å². The van der Waals surface area contributed by atoms with Gasteiger partial charge in [0, 0.05) is 6.92 Å². The molecule has 0 aromatic rings. The summed E-state index contributed by atoms with van der Waals surface area (Å²) < 4.78 is 0. The molecule has 0 saturated heterocycles. The van der Waals surface area contributed by atoms with Crippen LogP contribution in [0.15, 0.2) is 0 Å². The third kappa shape index (κ3) is 751. The highest BCUT2D eigenvalue weighted by Gasteiger charge is 1.65. The Kier molecular flexibility index (Phi) is 39.4. The quantitative estimate of drug-likeness (QED) is 0.397. The van der Waals surface area contributed by atoms with E-state index in [2.05, 4.69) is 5.90 Å². The molecule has 0 atom stereocenters. The van der Waals surface area contributed by atoms with Gasteiger partial charge in [0.25, 0.3) is 5.97 Å². The standard InChI is InChI=1S/C2H4O2.ClH.H3NO/c1-2(3)4;;1-2/h1H3,(H,3,4);1H;2H,1H2. The number of halogens is 1. The molecule has 0 spiro atoms. The van der Waals surface area contributed by atoms with Crippen LogP contribution in [0.1, 0.15) is 6.92 Å². The van der Waals surface area contributed by atoms with Crippen molar-refractivity contribution < 1.29 is 15.1 Å². The molecule has 0 aliphatic heterocycles. The van der Waals surface area contributed by atoms with Crippen LogP contribution in [0.25, 0.3) is 0 Å². The van der Waals surface area contributed by atoms with Crippen molar-refractivity contribution in [3.05, 3.63) is 0 Å². The van der Waals surface area contributed by atoms with E-state index in [0.29, 0.717) is 0 Å². The molecule has 4 nitrogen and oxygen atoms in total. The summed E-state index contributed by atoms with van der Waals surface area (Å²) in [5.74, 6) is 2.67. The molecule has 0 aromatic carbocycles. The molecule has 0 radical (unpaired) electrons. The van der Waals surface area contributed by atoms with Crippen LogP contribution in [0, 0.1) is 0 Å². The van der Waals surface area contributed by atoms with E-state index in [4.69, 9.17) is 15.1 Å². The maximum absolute atomic E-state index is 9.00. The van der Waals surface area contributed by atoms with E-state index in [9.17, 15) is 0 Å². The van der Waals surface area contributed by atoms with Gasteiger partial charge in [-0.3, -0.25) is 4.79 Å². The van der Waals surface area contributed by atoms with Crippen molar-refractivity contribution in [2.24, 2.45) is 5.90 Å². The van der Waals surface area contributed by atoms with Gasteiger partial charge in [-0.2, -0.15) is 0 Å². The molecule has 0 rings (SSSR count). The Morgan fingerprint density at radius 1 is 1.57 bits per heavy atom. The van der Waals surface area contributed by atoms with Crippen LogP contribution in [0.3, 0.4) is 0 Å². The van der Waals surface area contributed by atoms with Gasteiger partial charge in [-0.25, -0.2) is 5.90 Å². The normalized spacial score (nSPS) is 4.43. The number of rotatable bonds is 0. The molecule has 0 amide bonds. The zero-order chi connectivity index (χ0) is 5.58. The predicted octanol–water partition coefficient (Wildman–Crippen LogP) is -0.153. The molecule has 0 saturated carbocycles. The Bertz CT molecular complexity index is 35.9. The monoisotopic (exact) mass is 129 g/mol. The van der Waals surface area contributed by atoms with Crippen LogP contribution in [-0.2, 0) is 4.79 Å². The van der Waals surface area contributed by atoms with Gasteiger partial charge in [0.15, 0.2) is 0 Å². The molecule has 46 valence electrons. The van der Waals surface area contributed by atoms with E-state index in [1.165, 1.54) is 0 Å². The topological polar surface area (TPSA) is 83.5 Å². The molecule has 5 heteroatoms. The third-order valence-electron chi connectivity index (χ3n) is 0. The number of carboxylic acids is 1. The van der Waals surface area contributed by atoms with Crippen molar-refractivity contribution >= 4 is 18.4 Å². The summed E-state index contributed by atoms with van der Waals surface area (Å²) in [5, 5.41) is 13.9. The van der Waals surface area contributed by atoms with Gasteiger partial charge < -0.3 is 10.3 Å². The van der Waals surface area contributed by atoms with Crippen LogP contribution in [0.4, 0.5) is 0 Å². The van der Waals surface area contributed by atoms with Gasteiger partial charge in [0.1, 0.15) is 0 Å². The molecule has 0 aliphatic carbocycles. The fourth-order valence-corrected chi connectivity index (χ4v) is 0. The molecular weight excluding hydrogens is 121 g/mol. The lowest BCUT2D eigenvalue weighted by Crippen LogP contribution is -1.78. The van der Waals surface area contributed by atoms with Gasteiger partial charge in [0.05, 0.1) is 0 Å². The third-order valence-corrected chi connectivity index (χ3v) is 0. The Morgan fingerprint density at radius 3 is 1.57 bits per heavy atom. The van der Waals surface area contributed by atoms with Crippen molar-refractivity contribution in [3.63, 3.8) is 0 Å². The molecule has 7 heavy (non-hydrogen) atoms. The second-order valence-corrected chi connectivity index (χ2v) is 0.519. The van der Waals surface area contributed by atoms with Gasteiger partial charge in [-0.05, 0) is 0 Å². The number of nitrogens with two attached hydrogens (primary N) is 1. The summed E-state index contributed by atoms with van der Waals surface area (Å²) in [5.41, 5.74) is 0. The fraction of sp³-hybridized carbons (Fsp3) is 0.500. The SMILES string of the molecule is CC(=O)O.Cl.NO. The highest BCUT2D eigenvalue weighted by Crippen LogP contribution is 1.42. The van der Waals surface area contributed by atoms with E-state index in [1.54, 1.807) is 0 Å². The van der Waals surface area contributed by atoms with Crippen molar-refractivity contribution in [1.82, 2.24) is 0 Å². The Morgan fingerprint density at radius 2 is 1.57 bits per heavy atom. The van der Waals surface area contributed by atoms with Crippen molar-refractivity contribution in [1.29, 1.82) is 0 Å².